The average molecular weight is 305 g/mol. The third-order valence-corrected chi connectivity index (χ3v) is 3.96. The Hall–Kier alpha value is -1.85. The van der Waals surface area contributed by atoms with E-state index in [0.717, 1.165) is 50.9 Å². The molecule has 1 saturated carbocycles. The summed E-state index contributed by atoms with van der Waals surface area (Å²) in [5.74, 6) is 1.62. The Morgan fingerprint density at radius 1 is 1.27 bits per heavy atom. The summed E-state index contributed by atoms with van der Waals surface area (Å²) in [5.41, 5.74) is 0. The van der Waals surface area contributed by atoms with Gasteiger partial charge in [-0.3, -0.25) is 4.79 Å². The van der Waals surface area contributed by atoms with Crippen molar-refractivity contribution in [3.63, 3.8) is 0 Å². The van der Waals surface area contributed by atoms with Gasteiger partial charge in [0.2, 0.25) is 11.9 Å². The molecule has 1 aliphatic carbocycles. The van der Waals surface area contributed by atoms with Crippen LogP contribution in [0.25, 0.3) is 0 Å². The molecule has 1 aromatic heterocycles. The van der Waals surface area contributed by atoms with Crippen molar-refractivity contribution in [2.75, 3.05) is 17.2 Å². The molecule has 3 N–H and O–H groups in total. The summed E-state index contributed by atoms with van der Waals surface area (Å²) in [5, 5.41) is 9.73. The predicted molar refractivity (Wildman–Crippen MR) is 88.9 cm³/mol. The fraction of sp³-hybridized carbons (Fsp3) is 0.688. The van der Waals surface area contributed by atoms with Gasteiger partial charge in [0, 0.05) is 31.7 Å². The van der Waals surface area contributed by atoms with Crippen molar-refractivity contribution < 1.29 is 4.79 Å². The van der Waals surface area contributed by atoms with Gasteiger partial charge in [-0.05, 0) is 38.2 Å². The van der Waals surface area contributed by atoms with Crippen LogP contribution >= 0.6 is 0 Å². The van der Waals surface area contributed by atoms with E-state index in [9.17, 15) is 4.79 Å². The standard InChI is InChI=1S/C16H27N5O/c1-3-4-10-17-16-18-11-9-15(21-16)20-14-7-5-13(6-8-14)19-12(2)22/h9,11,13-14H,3-8,10H2,1-2H3,(H,19,22)(H2,17,18,20,21). The normalized spacial score (nSPS) is 21.2. The quantitative estimate of drug-likeness (QED) is 0.675. The van der Waals surface area contributed by atoms with Crippen molar-refractivity contribution in [1.29, 1.82) is 0 Å². The lowest BCUT2D eigenvalue weighted by atomic mass is 9.91. The molecule has 6 heteroatoms. The van der Waals surface area contributed by atoms with Gasteiger partial charge in [-0.25, -0.2) is 4.98 Å². The molecule has 22 heavy (non-hydrogen) atoms. The van der Waals surface area contributed by atoms with E-state index >= 15 is 0 Å². The molecule has 2 rings (SSSR count). The largest absolute Gasteiger partial charge is 0.367 e. The maximum atomic E-state index is 11.1. The van der Waals surface area contributed by atoms with Gasteiger partial charge >= 0.3 is 0 Å². The first kappa shape index (κ1) is 16.5. The number of anilines is 2. The van der Waals surface area contributed by atoms with E-state index in [1.54, 1.807) is 13.1 Å². The number of carbonyl (C=O) groups excluding carboxylic acids is 1. The van der Waals surface area contributed by atoms with E-state index in [0.29, 0.717) is 18.0 Å². The van der Waals surface area contributed by atoms with Gasteiger partial charge in [-0.2, -0.15) is 4.98 Å². The second-order valence-corrected chi connectivity index (χ2v) is 5.94. The Kier molecular flexibility index (Phi) is 6.43. The summed E-state index contributed by atoms with van der Waals surface area (Å²) < 4.78 is 0. The molecule has 6 nitrogen and oxygen atoms in total. The molecule has 0 unspecified atom stereocenters. The van der Waals surface area contributed by atoms with Crippen molar-refractivity contribution in [2.45, 2.75) is 64.5 Å². The molecular weight excluding hydrogens is 278 g/mol. The van der Waals surface area contributed by atoms with Crippen LogP contribution in [0.15, 0.2) is 12.3 Å². The number of aromatic nitrogens is 2. The van der Waals surface area contributed by atoms with Crippen molar-refractivity contribution in [2.24, 2.45) is 0 Å². The Morgan fingerprint density at radius 3 is 2.68 bits per heavy atom. The van der Waals surface area contributed by atoms with Crippen molar-refractivity contribution in [3.8, 4) is 0 Å². The number of hydrogen-bond acceptors (Lipinski definition) is 5. The molecule has 0 aromatic carbocycles. The third kappa shape index (κ3) is 5.50. The van der Waals surface area contributed by atoms with Crippen molar-refractivity contribution >= 4 is 17.7 Å². The monoisotopic (exact) mass is 305 g/mol. The highest BCUT2D eigenvalue weighted by Gasteiger charge is 2.21. The van der Waals surface area contributed by atoms with E-state index in [-0.39, 0.29) is 5.91 Å². The van der Waals surface area contributed by atoms with Gasteiger partial charge in [0.15, 0.2) is 0 Å². The molecule has 122 valence electrons. The molecule has 0 spiro atoms. The summed E-state index contributed by atoms with van der Waals surface area (Å²) in [6.07, 6.45) is 8.19. The first-order chi connectivity index (χ1) is 10.7. The lowest BCUT2D eigenvalue weighted by molar-refractivity contribution is -0.119. The molecule has 1 amide bonds. The minimum Gasteiger partial charge on any atom is -0.367 e. The van der Waals surface area contributed by atoms with E-state index in [1.165, 1.54) is 0 Å². The van der Waals surface area contributed by atoms with Gasteiger partial charge in [0.05, 0.1) is 0 Å². The highest BCUT2D eigenvalue weighted by atomic mass is 16.1. The zero-order valence-corrected chi connectivity index (χ0v) is 13.6. The molecule has 1 aromatic rings. The summed E-state index contributed by atoms with van der Waals surface area (Å²) in [6.45, 7) is 4.65. The molecule has 0 radical (unpaired) electrons. The van der Waals surface area contributed by atoms with Crippen LogP contribution in [0, 0.1) is 0 Å². The number of nitrogens with one attached hydrogen (secondary N) is 3. The number of unbranched alkanes of at least 4 members (excludes halogenated alkanes) is 1. The third-order valence-electron chi connectivity index (χ3n) is 3.96. The molecular formula is C16H27N5O. The second kappa shape index (κ2) is 8.56. The Labute approximate surface area is 132 Å². The lowest BCUT2D eigenvalue weighted by Gasteiger charge is -2.29. The summed E-state index contributed by atoms with van der Waals surface area (Å²) in [6, 6.07) is 2.65. The fourth-order valence-corrected chi connectivity index (χ4v) is 2.78. The molecule has 0 saturated heterocycles. The summed E-state index contributed by atoms with van der Waals surface area (Å²) >= 11 is 0. The number of rotatable bonds is 7. The molecule has 0 aliphatic heterocycles. The van der Waals surface area contributed by atoms with Crippen LogP contribution in [-0.4, -0.2) is 34.5 Å². The van der Waals surface area contributed by atoms with Crippen LogP contribution in [0.3, 0.4) is 0 Å². The Balaban J connectivity index is 1.79. The maximum Gasteiger partial charge on any atom is 0.224 e. The van der Waals surface area contributed by atoms with Crippen molar-refractivity contribution in [3.05, 3.63) is 12.3 Å². The van der Waals surface area contributed by atoms with Gasteiger partial charge < -0.3 is 16.0 Å². The van der Waals surface area contributed by atoms with Gasteiger partial charge in [0.1, 0.15) is 5.82 Å². The number of carbonyl (C=O) groups is 1. The molecule has 1 heterocycles. The van der Waals surface area contributed by atoms with E-state index in [4.69, 9.17) is 0 Å². The summed E-state index contributed by atoms with van der Waals surface area (Å²) in [7, 11) is 0. The van der Waals surface area contributed by atoms with Gasteiger partial charge in [-0.1, -0.05) is 13.3 Å². The van der Waals surface area contributed by atoms with E-state index in [1.807, 2.05) is 6.07 Å². The zero-order chi connectivity index (χ0) is 15.8. The average Bonchev–Trinajstić information content (AvgIpc) is 2.49. The van der Waals surface area contributed by atoms with Crippen LogP contribution in [0.2, 0.25) is 0 Å². The second-order valence-electron chi connectivity index (χ2n) is 5.94. The first-order valence-electron chi connectivity index (χ1n) is 8.28. The highest BCUT2D eigenvalue weighted by molar-refractivity contribution is 5.73. The number of nitrogens with zero attached hydrogens (tertiary/aromatic N) is 2. The zero-order valence-electron chi connectivity index (χ0n) is 13.6. The van der Waals surface area contributed by atoms with Crippen LogP contribution < -0.4 is 16.0 Å². The first-order valence-corrected chi connectivity index (χ1v) is 8.28. The molecule has 1 fully saturated rings. The van der Waals surface area contributed by atoms with E-state index in [2.05, 4.69) is 32.8 Å². The highest BCUT2D eigenvalue weighted by Crippen LogP contribution is 2.21. The van der Waals surface area contributed by atoms with Crippen molar-refractivity contribution in [1.82, 2.24) is 15.3 Å². The Bertz CT molecular complexity index is 471. The lowest BCUT2D eigenvalue weighted by Crippen LogP contribution is -2.39. The van der Waals surface area contributed by atoms with Crippen LogP contribution in [-0.2, 0) is 4.79 Å². The topological polar surface area (TPSA) is 78.9 Å². The van der Waals surface area contributed by atoms with Crippen LogP contribution in [0.4, 0.5) is 11.8 Å². The summed E-state index contributed by atoms with van der Waals surface area (Å²) in [4.78, 5) is 19.8. The van der Waals surface area contributed by atoms with Gasteiger partial charge in [0.25, 0.3) is 0 Å². The fourth-order valence-electron chi connectivity index (χ4n) is 2.78. The minimum atomic E-state index is 0.0648. The number of amides is 1. The molecule has 0 bridgehead atoms. The van der Waals surface area contributed by atoms with Crippen LogP contribution in [0.1, 0.15) is 52.4 Å². The van der Waals surface area contributed by atoms with E-state index < -0.39 is 0 Å². The SMILES string of the molecule is CCCCNc1nccc(NC2CCC(NC(C)=O)CC2)n1. The smallest absolute Gasteiger partial charge is 0.224 e. The Morgan fingerprint density at radius 2 is 2.00 bits per heavy atom. The van der Waals surface area contributed by atoms with Gasteiger partial charge in [-0.15, -0.1) is 0 Å². The predicted octanol–water partition coefficient (Wildman–Crippen LogP) is 2.55. The molecule has 1 aliphatic rings. The molecule has 0 atom stereocenters. The number of hydrogen-bond donors (Lipinski definition) is 3. The minimum absolute atomic E-state index is 0.0648. The van der Waals surface area contributed by atoms with Crippen LogP contribution in [0.5, 0.6) is 0 Å². The maximum absolute atomic E-state index is 11.1.